The summed E-state index contributed by atoms with van der Waals surface area (Å²) in [6.45, 7) is 1.58. The lowest BCUT2D eigenvalue weighted by Gasteiger charge is -2.11. The summed E-state index contributed by atoms with van der Waals surface area (Å²) in [6.07, 6.45) is -0.188. The molecule has 0 aliphatic carbocycles. The van der Waals surface area contributed by atoms with E-state index in [1.54, 1.807) is 13.0 Å². The summed E-state index contributed by atoms with van der Waals surface area (Å²) >= 11 is 0. The van der Waals surface area contributed by atoms with Gasteiger partial charge >= 0.3 is 5.97 Å². The fraction of sp³-hybridized carbons (Fsp3) is 0.333. The number of benzene rings is 1. The molecule has 102 valence electrons. The highest BCUT2D eigenvalue weighted by molar-refractivity contribution is 5.79. The van der Waals surface area contributed by atoms with Crippen molar-refractivity contribution in [3.8, 4) is 0 Å². The number of aliphatic carboxylic acids is 1. The number of carbonyl (C=O) groups excluding carboxylic acids is 1. The van der Waals surface area contributed by atoms with Gasteiger partial charge < -0.3 is 10.4 Å². The van der Waals surface area contributed by atoms with E-state index >= 15 is 0 Å². The molecule has 1 aromatic carbocycles. The van der Waals surface area contributed by atoms with Crippen LogP contribution >= 0.6 is 0 Å². The molecule has 0 heterocycles. The van der Waals surface area contributed by atoms with Gasteiger partial charge in [0.25, 0.3) is 5.69 Å². The Labute approximate surface area is 109 Å². The molecule has 0 aliphatic heterocycles. The number of nitro benzene ring substituents is 1. The first kappa shape index (κ1) is 14.6. The van der Waals surface area contributed by atoms with Gasteiger partial charge in [0, 0.05) is 18.2 Å². The molecule has 0 bridgehead atoms. The number of carbonyl (C=O) groups is 2. The van der Waals surface area contributed by atoms with Crippen molar-refractivity contribution in [1.82, 2.24) is 5.32 Å². The van der Waals surface area contributed by atoms with E-state index in [0.29, 0.717) is 5.56 Å². The molecule has 0 saturated carbocycles. The van der Waals surface area contributed by atoms with Crippen molar-refractivity contribution in [2.24, 2.45) is 0 Å². The smallest absolute Gasteiger partial charge is 0.305 e. The number of non-ortho nitro benzene ring substituents is 1. The fourth-order valence-corrected chi connectivity index (χ4v) is 1.60. The zero-order valence-electron chi connectivity index (χ0n) is 10.3. The van der Waals surface area contributed by atoms with Crippen LogP contribution in [-0.2, 0) is 16.0 Å². The lowest BCUT2D eigenvalue weighted by Crippen LogP contribution is -2.35. The van der Waals surface area contributed by atoms with Crippen molar-refractivity contribution >= 4 is 17.6 Å². The van der Waals surface area contributed by atoms with Crippen molar-refractivity contribution in [2.45, 2.75) is 25.8 Å². The lowest BCUT2D eigenvalue weighted by atomic mass is 10.1. The number of nitrogens with one attached hydrogen (secondary N) is 1. The summed E-state index contributed by atoms with van der Waals surface area (Å²) in [6, 6.07) is 5.29. The fourth-order valence-electron chi connectivity index (χ4n) is 1.60. The van der Waals surface area contributed by atoms with E-state index in [9.17, 15) is 19.7 Å². The molecule has 0 radical (unpaired) electrons. The number of nitrogens with zero attached hydrogens (tertiary/aromatic N) is 1. The largest absolute Gasteiger partial charge is 0.481 e. The maximum atomic E-state index is 11.6. The van der Waals surface area contributed by atoms with Crippen molar-refractivity contribution in [3.63, 3.8) is 0 Å². The summed E-state index contributed by atoms with van der Waals surface area (Å²) in [5.41, 5.74) is 0.429. The number of amides is 1. The Hall–Kier alpha value is -2.44. The first-order valence-corrected chi connectivity index (χ1v) is 5.63. The molecule has 2 N–H and O–H groups in total. The quantitative estimate of drug-likeness (QED) is 0.592. The third-order valence-electron chi connectivity index (χ3n) is 2.37. The van der Waals surface area contributed by atoms with E-state index in [1.807, 2.05) is 0 Å². The number of carboxylic acid groups (broad SMARTS) is 1. The monoisotopic (exact) mass is 266 g/mol. The second-order valence-electron chi connectivity index (χ2n) is 4.17. The number of hydrogen-bond acceptors (Lipinski definition) is 4. The van der Waals surface area contributed by atoms with E-state index in [4.69, 9.17) is 5.11 Å². The van der Waals surface area contributed by atoms with Gasteiger partial charge in [0.05, 0.1) is 17.8 Å². The van der Waals surface area contributed by atoms with E-state index in [1.165, 1.54) is 18.2 Å². The van der Waals surface area contributed by atoms with Crippen molar-refractivity contribution in [2.75, 3.05) is 0 Å². The van der Waals surface area contributed by atoms with Gasteiger partial charge in [0.2, 0.25) is 5.91 Å². The molecular weight excluding hydrogens is 252 g/mol. The molecule has 0 spiro atoms. The molecule has 1 aromatic rings. The Morgan fingerprint density at radius 1 is 1.47 bits per heavy atom. The van der Waals surface area contributed by atoms with Gasteiger partial charge in [-0.15, -0.1) is 0 Å². The summed E-state index contributed by atoms with van der Waals surface area (Å²) in [5.74, 6) is -1.36. The maximum absolute atomic E-state index is 11.6. The first-order chi connectivity index (χ1) is 8.88. The molecule has 0 aromatic heterocycles. The minimum Gasteiger partial charge on any atom is -0.481 e. The van der Waals surface area contributed by atoms with Gasteiger partial charge in [-0.3, -0.25) is 19.7 Å². The molecule has 0 aliphatic rings. The second-order valence-corrected chi connectivity index (χ2v) is 4.17. The van der Waals surface area contributed by atoms with Crippen LogP contribution in [0, 0.1) is 10.1 Å². The Balaban J connectivity index is 2.59. The second kappa shape index (κ2) is 6.48. The Morgan fingerprint density at radius 3 is 2.74 bits per heavy atom. The topological polar surface area (TPSA) is 110 Å². The zero-order chi connectivity index (χ0) is 14.4. The SMILES string of the molecule is CC(CC(=O)O)NC(=O)Cc1cccc([N+](=O)[O-])c1. The Kier molecular flexibility index (Phi) is 4.99. The van der Waals surface area contributed by atoms with Crippen LogP contribution in [0.4, 0.5) is 5.69 Å². The van der Waals surface area contributed by atoms with E-state index in [2.05, 4.69) is 5.32 Å². The molecule has 1 amide bonds. The number of hydrogen-bond donors (Lipinski definition) is 2. The van der Waals surface area contributed by atoms with Crippen LogP contribution in [0.15, 0.2) is 24.3 Å². The van der Waals surface area contributed by atoms with E-state index < -0.39 is 16.9 Å². The summed E-state index contributed by atoms with van der Waals surface area (Å²) < 4.78 is 0. The normalized spacial score (nSPS) is 11.6. The van der Waals surface area contributed by atoms with Crippen LogP contribution in [-0.4, -0.2) is 27.9 Å². The number of carboxylic acids is 1. The minimum absolute atomic E-state index is 0.0222. The van der Waals surface area contributed by atoms with E-state index in [-0.39, 0.29) is 24.4 Å². The molecule has 7 nitrogen and oxygen atoms in total. The highest BCUT2D eigenvalue weighted by atomic mass is 16.6. The molecule has 0 fully saturated rings. The van der Waals surface area contributed by atoms with Crippen LogP contribution in [0.25, 0.3) is 0 Å². The molecule has 1 rings (SSSR count). The standard InChI is InChI=1S/C12H14N2O5/c1-8(5-12(16)17)13-11(15)7-9-3-2-4-10(6-9)14(18)19/h2-4,6,8H,5,7H2,1H3,(H,13,15)(H,16,17). The Bertz CT molecular complexity index is 501. The summed E-state index contributed by atoms with van der Waals surface area (Å²) in [5, 5.41) is 21.7. The van der Waals surface area contributed by atoms with Crippen molar-refractivity contribution in [1.29, 1.82) is 0 Å². The Morgan fingerprint density at radius 2 is 2.16 bits per heavy atom. The predicted molar refractivity (Wildman–Crippen MR) is 66.7 cm³/mol. The number of rotatable bonds is 6. The molecule has 1 atom stereocenters. The lowest BCUT2D eigenvalue weighted by molar-refractivity contribution is -0.384. The van der Waals surface area contributed by atoms with Crippen molar-refractivity contribution < 1.29 is 19.6 Å². The molecule has 1 unspecified atom stereocenters. The highest BCUT2D eigenvalue weighted by Crippen LogP contribution is 2.13. The van der Waals surface area contributed by atoms with Crippen LogP contribution in [0.1, 0.15) is 18.9 Å². The third-order valence-corrected chi connectivity index (χ3v) is 2.37. The number of nitro groups is 1. The van der Waals surface area contributed by atoms with Gasteiger partial charge in [0.1, 0.15) is 0 Å². The molecular formula is C12H14N2O5. The highest BCUT2D eigenvalue weighted by Gasteiger charge is 2.13. The van der Waals surface area contributed by atoms with Crippen LogP contribution in [0.3, 0.4) is 0 Å². The summed E-state index contributed by atoms with van der Waals surface area (Å²) in [4.78, 5) is 32.1. The van der Waals surface area contributed by atoms with Gasteiger partial charge in [-0.1, -0.05) is 12.1 Å². The van der Waals surface area contributed by atoms with Gasteiger partial charge in [-0.05, 0) is 12.5 Å². The molecule has 0 saturated heterocycles. The van der Waals surface area contributed by atoms with Crippen LogP contribution in [0.2, 0.25) is 0 Å². The first-order valence-electron chi connectivity index (χ1n) is 5.63. The van der Waals surface area contributed by atoms with Gasteiger partial charge in [0.15, 0.2) is 0 Å². The van der Waals surface area contributed by atoms with Crippen LogP contribution in [0.5, 0.6) is 0 Å². The maximum Gasteiger partial charge on any atom is 0.305 e. The van der Waals surface area contributed by atoms with Crippen LogP contribution < -0.4 is 5.32 Å². The molecule has 19 heavy (non-hydrogen) atoms. The zero-order valence-corrected chi connectivity index (χ0v) is 10.3. The predicted octanol–water partition coefficient (Wildman–Crippen LogP) is 1.12. The molecule has 7 heteroatoms. The third kappa shape index (κ3) is 5.15. The van der Waals surface area contributed by atoms with Crippen molar-refractivity contribution in [3.05, 3.63) is 39.9 Å². The summed E-state index contributed by atoms with van der Waals surface area (Å²) in [7, 11) is 0. The minimum atomic E-state index is -0.997. The van der Waals surface area contributed by atoms with E-state index in [0.717, 1.165) is 0 Å². The average molecular weight is 266 g/mol. The van der Waals surface area contributed by atoms with Gasteiger partial charge in [-0.25, -0.2) is 0 Å². The average Bonchev–Trinajstić information content (AvgIpc) is 2.27. The van der Waals surface area contributed by atoms with Gasteiger partial charge in [-0.2, -0.15) is 0 Å².